The van der Waals surface area contributed by atoms with Crippen LogP contribution < -0.4 is 4.90 Å². The second kappa shape index (κ2) is 8.16. The minimum absolute atomic E-state index is 0.137. The van der Waals surface area contributed by atoms with Crippen LogP contribution in [0.5, 0.6) is 0 Å². The Morgan fingerprint density at radius 2 is 1.87 bits per heavy atom. The van der Waals surface area contributed by atoms with Gasteiger partial charge in [0.25, 0.3) is 0 Å². The maximum atomic E-state index is 12.8. The summed E-state index contributed by atoms with van der Waals surface area (Å²) < 4.78 is 2.08. The fraction of sp³-hybridized carbons (Fsp3) is 0.227. The van der Waals surface area contributed by atoms with Crippen molar-refractivity contribution in [2.45, 2.75) is 5.03 Å². The first-order valence-electron chi connectivity index (χ1n) is 9.82. The van der Waals surface area contributed by atoms with Gasteiger partial charge < -0.3 is 14.2 Å². The summed E-state index contributed by atoms with van der Waals surface area (Å²) in [6, 6.07) is 15.8. The van der Waals surface area contributed by atoms with Gasteiger partial charge >= 0.3 is 0 Å². The number of carbonyl (C=O) groups is 1. The Morgan fingerprint density at radius 3 is 2.70 bits per heavy atom. The van der Waals surface area contributed by atoms with E-state index in [2.05, 4.69) is 20.4 Å². The fourth-order valence-corrected chi connectivity index (χ4v) is 4.89. The van der Waals surface area contributed by atoms with E-state index in [9.17, 15) is 4.79 Å². The number of pyridine rings is 1. The number of hydrogen-bond donors (Lipinski definition) is 0. The van der Waals surface area contributed by atoms with E-state index >= 15 is 0 Å². The van der Waals surface area contributed by atoms with Crippen molar-refractivity contribution < 1.29 is 4.79 Å². The molecule has 1 amide bonds. The molecule has 1 fully saturated rings. The fourth-order valence-electron chi connectivity index (χ4n) is 3.80. The maximum absolute atomic E-state index is 12.8. The molecule has 0 bridgehead atoms. The lowest BCUT2D eigenvalue weighted by Gasteiger charge is -2.36. The molecular formula is C22H20ClN5OS. The number of thioether (sulfide) groups is 1. The Balaban J connectivity index is 1.25. The molecule has 1 saturated heterocycles. The van der Waals surface area contributed by atoms with Crippen molar-refractivity contribution in [1.29, 1.82) is 0 Å². The zero-order valence-electron chi connectivity index (χ0n) is 16.2. The van der Waals surface area contributed by atoms with E-state index in [0.717, 1.165) is 39.9 Å². The summed E-state index contributed by atoms with van der Waals surface area (Å²) >= 11 is 7.58. The molecule has 152 valence electrons. The van der Waals surface area contributed by atoms with Crippen LogP contribution in [0.25, 0.3) is 16.7 Å². The quantitative estimate of drug-likeness (QED) is 0.452. The average Bonchev–Trinajstić information content (AvgIpc) is 3.28. The molecule has 8 heteroatoms. The summed E-state index contributed by atoms with van der Waals surface area (Å²) in [4.78, 5) is 26.1. The van der Waals surface area contributed by atoms with Crippen LogP contribution in [0.3, 0.4) is 0 Å². The third-order valence-electron chi connectivity index (χ3n) is 5.34. The Morgan fingerprint density at radius 1 is 1.03 bits per heavy atom. The molecule has 4 aromatic rings. The van der Waals surface area contributed by atoms with E-state index in [-0.39, 0.29) is 5.91 Å². The summed E-state index contributed by atoms with van der Waals surface area (Å²) in [6.07, 6.45) is 3.74. The first-order chi connectivity index (χ1) is 14.7. The molecule has 0 aliphatic carbocycles. The van der Waals surface area contributed by atoms with E-state index in [4.69, 9.17) is 16.6 Å². The van der Waals surface area contributed by atoms with Gasteiger partial charge in [0.15, 0.2) is 5.65 Å². The molecular weight excluding hydrogens is 418 g/mol. The van der Waals surface area contributed by atoms with Crippen LogP contribution in [0, 0.1) is 0 Å². The van der Waals surface area contributed by atoms with Crippen LogP contribution in [0.15, 0.2) is 66.0 Å². The van der Waals surface area contributed by atoms with E-state index in [1.54, 1.807) is 6.20 Å². The maximum Gasteiger partial charge on any atom is 0.233 e. The van der Waals surface area contributed by atoms with Crippen LogP contribution in [-0.4, -0.2) is 57.1 Å². The highest BCUT2D eigenvalue weighted by Crippen LogP contribution is 2.26. The Bertz CT molecular complexity index is 1220. The molecule has 0 unspecified atom stereocenters. The molecule has 0 spiro atoms. The first kappa shape index (κ1) is 19.2. The number of anilines is 1. The molecule has 1 aromatic carbocycles. The third-order valence-corrected chi connectivity index (χ3v) is 6.54. The lowest BCUT2D eigenvalue weighted by atomic mass is 10.2. The van der Waals surface area contributed by atoms with Crippen molar-refractivity contribution >= 4 is 51.6 Å². The number of piperazine rings is 1. The summed E-state index contributed by atoms with van der Waals surface area (Å²) in [5, 5.41) is 1.56. The van der Waals surface area contributed by atoms with Crippen LogP contribution in [0.1, 0.15) is 0 Å². The Kier molecular flexibility index (Phi) is 5.23. The molecule has 1 aliphatic rings. The molecule has 1 aliphatic heterocycles. The van der Waals surface area contributed by atoms with Crippen molar-refractivity contribution in [2.75, 3.05) is 36.8 Å². The number of fused-ring (bicyclic) bond motifs is 3. The summed E-state index contributed by atoms with van der Waals surface area (Å²) in [7, 11) is 0. The van der Waals surface area contributed by atoms with E-state index in [0.29, 0.717) is 24.5 Å². The second-order valence-electron chi connectivity index (χ2n) is 7.16. The smallest absolute Gasteiger partial charge is 0.233 e. The zero-order valence-corrected chi connectivity index (χ0v) is 17.8. The number of carbonyl (C=O) groups excluding carboxylic acids is 1. The monoisotopic (exact) mass is 437 g/mol. The number of nitrogens with zero attached hydrogens (tertiary/aromatic N) is 5. The largest absolute Gasteiger partial charge is 0.368 e. The average molecular weight is 438 g/mol. The van der Waals surface area contributed by atoms with Gasteiger partial charge in [-0.3, -0.25) is 4.79 Å². The normalized spacial score (nSPS) is 14.6. The van der Waals surface area contributed by atoms with Crippen LogP contribution in [0.4, 0.5) is 5.69 Å². The van der Waals surface area contributed by atoms with Crippen molar-refractivity contribution in [2.24, 2.45) is 0 Å². The van der Waals surface area contributed by atoms with Gasteiger partial charge in [0, 0.05) is 49.3 Å². The van der Waals surface area contributed by atoms with Crippen LogP contribution in [-0.2, 0) is 4.79 Å². The summed E-state index contributed by atoms with van der Waals surface area (Å²) in [6.45, 7) is 3.02. The predicted octanol–water partition coefficient (Wildman–Crippen LogP) is 3.98. The van der Waals surface area contributed by atoms with Gasteiger partial charge in [-0.05, 0) is 42.5 Å². The number of hydrogen-bond acceptors (Lipinski definition) is 5. The van der Waals surface area contributed by atoms with Gasteiger partial charge in [0.2, 0.25) is 5.91 Å². The van der Waals surface area contributed by atoms with Gasteiger partial charge in [0.05, 0.1) is 16.8 Å². The molecule has 30 heavy (non-hydrogen) atoms. The number of halogens is 1. The highest BCUT2D eigenvalue weighted by molar-refractivity contribution is 8.00. The van der Waals surface area contributed by atoms with Gasteiger partial charge in [-0.15, -0.1) is 0 Å². The second-order valence-corrected chi connectivity index (χ2v) is 8.56. The number of benzene rings is 1. The molecule has 4 heterocycles. The predicted molar refractivity (Wildman–Crippen MR) is 121 cm³/mol. The molecule has 0 N–H and O–H groups in total. The van der Waals surface area contributed by atoms with E-state index < -0.39 is 0 Å². The van der Waals surface area contributed by atoms with E-state index in [1.165, 1.54) is 11.8 Å². The van der Waals surface area contributed by atoms with Crippen molar-refractivity contribution in [3.05, 3.63) is 65.9 Å². The van der Waals surface area contributed by atoms with Crippen molar-refractivity contribution in [1.82, 2.24) is 19.3 Å². The highest BCUT2D eigenvalue weighted by Gasteiger charge is 2.22. The molecule has 0 saturated carbocycles. The van der Waals surface area contributed by atoms with Gasteiger partial charge in [-0.25, -0.2) is 9.97 Å². The van der Waals surface area contributed by atoms with Gasteiger partial charge in [-0.2, -0.15) is 0 Å². The molecule has 0 atom stereocenters. The molecule has 0 radical (unpaired) electrons. The minimum atomic E-state index is 0.137. The van der Waals surface area contributed by atoms with E-state index in [1.807, 2.05) is 53.6 Å². The van der Waals surface area contributed by atoms with Crippen molar-refractivity contribution in [3.63, 3.8) is 0 Å². The minimum Gasteiger partial charge on any atom is -0.368 e. The zero-order chi connectivity index (χ0) is 20.5. The summed E-state index contributed by atoms with van der Waals surface area (Å²) in [5.74, 6) is 0.502. The van der Waals surface area contributed by atoms with Gasteiger partial charge in [-0.1, -0.05) is 29.4 Å². The first-order valence-corrected chi connectivity index (χ1v) is 11.2. The third kappa shape index (κ3) is 3.70. The molecule has 3 aromatic heterocycles. The topological polar surface area (TPSA) is 53.7 Å². The SMILES string of the molecule is O=C(CSc1nc2ncccc2n2cccc12)N1CCN(c2cccc(Cl)c2)CC1. The Hall–Kier alpha value is -2.77. The lowest BCUT2D eigenvalue weighted by molar-refractivity contribution is -0.128. The molecule has 5 rings (SSSR count). The van der Waals surface area contributed by atoms with Gasteiger partial charge in [0.1, 0.15) is 5.03 Å². The van der Waals surface area contributed by atoms with Crippen molar-refractivity contribution in [3.8, 4) is 0 Å². The Labute approximate surface area is 183 Å². The lowest BCUT2D eigenvalue weighted by Crippen LogP contribution is -2.49. The molecule has 6 nitrogen and oxygen atoms in total. The number of amides is 1. The number of aromatic nitrogens is 3. The highest BCUT2D eigenvalue weighted by atomic mass is 35.5. The van der Waals surface area contributed by atoms with Crippen LogP contribution in [0.2, 0.25) is 5.02 Å². The number of rotatable bonds is 4. The standard InChI is InChI=1S/C22H20ClN5OS/c23-16-4-1-5-17(14-16)26-10-12-27(13-11-26)20(29)15-30-22-19-7-3-9-28(19)18-6-2-8-24-21(18)25-22/h1-9,14H,10-13,15H2. The van der Waals surface area contributed by atoms with Crippen LogP contribution >= 0.6 is 23.4 Å². The summed E-state index contributed by atoms with van der Waals surface area (Å²) in [5.41, 5.74) is 3.75.